The van der Waals surface area contributed by atoms with Crippen LogP contribution >= 0.6 is 11.3 Å². The van der Waals surface area contributed by atoms with Crippen LogP contribution in [-0.2, 0) is 30.5 Å². The number of carbonyl (C=O) groups is 5. The second-order valence-electron chi connectivity index (χ2n) is 19.8. The fourth-order valence-electron chi connectivity index (χ4n) is 9.33. The molecule has 7 rings (SSSR count). The number of rotatable bonds is 23. The quantitative estimate of drug-likeness (QED) is 0.0463. The number of phenolic OH excluding ortho intramolecular Hbond substituents is 1. The molecule has 4 N–H and O–H groups in total. The molecule has 0 radical (unpaired) electrons. The van der Waals surface area contributed by atoms with E-state index in [-0.39, 0.29) is 54.7 Å². The number of phenols is 1. The lowest BCUT2D eigenvalue weighted by Gasteiger charge is -2.39. The molecule has 0 bridgehead atoms. The zero-order valence-electron chi connectivity index (χ0n) is 40.2. The summed E-state index contributed by atoms with van der Waals surface area (Å²) < 4.78 is 0. The largest absolute Gasteiger partial charge is 0.507 e. The van der Waals surface area contributed by atoms with Gasteiger partial charge >= 0.3 is 0 Å². The number of nitrogens with zero attached hydrogens (tertiary/aromatic N) is 5. The molecule has 0 unspecified atom stereocenters. The average molecular weight is 945 g/mol. The van der Waals surface area contributed by atoms with E-state index in [0.717, 1.165) is 77.6 Å². The predicted molar refractivity (Wildman–Crippen MR) is 266 cm³/mol. The number of unbranched alkanes of at least 4 members (excludes halogenated alkanes) is 11. The number of likely N-dealkylation sites (tertiary alicyclic amines) is 2. The highest BCUT2D eigenvalue weighted by molar-refractivity contribution is 7.13. The van der Waals surface area contributed by atoms with Crippen LogP contribution in [0.1, 0.15) is 140 Å². The number of thiazole rings is 1. The summed E-state index contributed by atoms with van der Waals surface area (Å²) in [4.78, 5) is 77.9. The van der Waals surface area contributed by atoms with Gasteiger partial charge in [-0.1, -0.05) is 121 Å². The van der Waals surface area contributed by atoms with Gasteiger partial charge in [0.25, 0.3) is 0 Å². The number of fused-ring (bicyclic) bond motifs is 1. The molecular weight excluding hydrogens is 877 g/mol. The number of nitrogens with one attached hydrogen (secondary N) is 3. The number of aromatic nitrogens is 4. The molecule has 4 amide bonds. The summed E-state index contributed by atoms with van der Waals surface area (Å²) in [6, 6.07) is 15.2. The maximum atomic E-state index is 14.0. The van der Waals surface area contributed by atoms with Crippen LogP contribution in [0.3, 0.4) is 0 Å². The van der Waals surface area contributed by atoms with Gasteiger partial charge < -0.3 is 30.5 Å². The minimum Gasteiger partial charge on any atom is -0.507 e. The molecule has 0 spiro atoms. The first-order chi connectivity index (χ1) is 32.8. The minimum atomic E-state index is -0.923. The van der Waals surface area contributed by atoms with E-state index in [1.807, 2.05) is 86.8 Å². The molecule has 0 aliphatic carbocycles. The van der Waals surface area contributed by atoms with Crippen molar-refractivity contribution in [3.8, 4) is 27.4 Å². The van der Waals surface area contributed by atoms with Gasteiger partial charge in [0.15, 0.2) is 11.4 Å². The lowest BCUT2D eigenvalue weighted by Crippen LogP contribution is -2.57. The number of benzene rings is 2. The predicted octanol–water partition coefficient (Wildman–Crippen LogP) is 9.17. The molecule has 362 valence electrons. The van der Waals surface area contributed by atoms with Crippen molar-refractivity contribution >= 4 is 51.8 Å². The van der Waals surface area contributed by atoms with E-state index in [4.69, 9.17) is 0 Å². The Balaban J connectivity index is 0.710. The van der Waals surface area contributed by atoms with Crippen LogP contribution in [0.15, 0.2) is 66.3 Å². The van der Waals surface area contributed by atoms with Crippen molar-refractivity contribution in [1.82, 2.24) is 40.6 Å². The van der Waals surface area contributed by atoms with E-state index >= 15 is 0 Å². The second-order valence-corrected chi connectivity index (χ2v) is 20.6. The first-order valence-corrected chi connectivity index (χ1v) is 25.4. The van der Waals surface area contributed by atoms with Crippen molar-refractivity contribution < 1.29 is 29.1 Å². The number of carbonyl (C=O) groups excluding carboxylic acids is 5. The molecule has 3 aromatic heterocycles. The Morgan fingerprint density at radius 2 is 1.51 bits per heavy atom. The van der Waals surface area contributed by atoms with Crippen LogP contribution in [-0.4, -0.2) is 96.2 Å². The Kier molecular flexibility index (Phi) is 17.2. The molecular formula is C53H68N8O6S. The molecule has 15 heteroatoms. The van der Waals surface area contributed by atoms with Gasteiger partial charge in [-0.2, -0.15) is 0 Å². The highest BCUT2D eigenvalue weighted by Crippen LogP contribution is 2.35. The number of Topliss-reactive ketones (excluding diaryl/α,β-unsaturated/α-hetero) is 1. The molecule has 2 saturated heterocycles. The lowest BCUT2D eigenvalue weighted by molar-refractivity contribution is -0.144. The molecule has 2 aliphatic heterocycles. The van der Waals surface area contributed by atoms with Crippen molar-refractivity contribution in [2.75, 3.05) is 19.6 Å². The van der Waals surface area contributed by atoms with Crippen molar-refractivity contribution in [2.45, 2.75) is 149 Å². The summed E-state index contributed by atoms with van der Waals surface area (Å²) in [6.07, 6.45) is 15.8. The summed E-state index contributed by atoms with van der Waals surface area (Å²) in [5.74, 6) is -0.518. The van der Waals surface area contributed by atoms with Gasteiger partial charge in [0.1, 0.15) is 17.8 Å². The van der Waals surface area contributed by atoms with E-state index < -0.39 is 23.4 Å². The fourth-order valence-corrected chi connectivity index (χ4v) is 10.1. The van der Waals surface area contributed by atoms with Gasteiger partial charge in [0.2, 0.25) is 23.6 Å². The first kappa shape index (κ1) is 49.9. The molecule has 2 aliphatic rings. The van der Waals surface area contributed by atoms with Gasteiger partial charge in [0.05, 0.1) is 28.3 Å². The average Bonchev–Trinajstić information content (AvgIpc) is 4.04. The molecule has 2 aromatic carbocycles. The third-order valence-corrected chi connectivity index (χ3v) is 14.4. The summed E-state index contributed by atoms with van der Waals surface area (Å²) >= 11 is 1.58. The van der Waals surface area contributed by atoms with Crippen LogP contribution in [0.25, 0.3) is 32.7 Å². The standard InChI is InChI=1S/C53H68N8O6S/c1-35-48(68-34-56-35)37-25-23-36(24-26-37)29-55-51(66)44-27-39(62)33-61(44)52(67)49(53(2,3)4)57-46(64)21-15-13-11-9-7-5-6-8-10-12-14-16-22-47(65)60-31-38(32-60)42-30-54-50-41(42)28-43(58-59-50)40-19-17-18-20-45(40)63/h17-20,23-26,28,30,34,38,44,49,63H,5-16,21-22,27,29,31-33H2,1-4H3,(H,54,59)(H,55,66)(H,57,64)/t44-,49+/m0/s1. The minimum absolute atomic E-state index is 0.0469. The number of aryl methyl sites for hydroxylation is 1. The molecule has 68 heavy (non-hydrogen) atoms. The Morgan fingerprint density at radius 1 is 0.868 bits per heavy atom. The van der Waals surface area contributed by atoms with Gasteiger partial charge in [0, 0.05) is 62.0 Å². The topological polar surface area (TPSA) is 191 Å². The normalized spacial score (nSPS) is 15.7. The summed E-state index contributed by atoms with van der Waals surface area (Å²) in [7, 11) is 0. The SMILES string of the molecule is Cc1ncsc1-c1ccc(CNC(=O)[C@@H]2CC(=O)CN2C(=O)[C@@H](NC(=O)CCCCCCCCCCCCCCC(=O)N2CC(c3c[nH]c4nnc(-c5ccccc5O)cc34)C2)C(C)(C)C)cc1. The zero-order valence-corrected chi connectivity index (χ0v) is 41.0. The fraction of sp³-hybridized carbons (Fsp3) is 0.509. The van der Waals surface area contributed by atoms with E-state index in [2.05, 4.69) is 30.8 Å². The van der Waals surface area contributed by atoms with Crippen LogP contribution in [0.2, 0.25) is 0 Å². The Hall–Kier alpha value is -5.96. The van der Waals surface area contributed by atoms with Crippen LogP contribution < -0.4 is 10.6 Å². The third kappa shape index (κ3) is 13.0. The third-order valence-electron chi connectivity index (χ3n) is 13.4. The number of hydrogen-bond donors (Lipinski definition) is 4. The Bertz CT molecular complexity index is 2520. The smallest absolute Gasteiger partial charge is 0.246 e. The van der Waals surface area contributed by atoms with Gasteiger partial charge in [-0.25, -0.2) is 4.98 Å². The van der Waals surface area contributed by atoms with Crippen LogP contribution in [0, 0.1) is 12.3 Å². The van der Waals surface area contributed by atoms with Gasteiger partial charge in [-0.3, -0.25) is 24.0 Å². The number of aromatic amines is 1. The monoisotopic (exact) mass is 944 g/mol. The molecule has 0 saturated carbocycles. The van der Waals surface area contributed by atoms with E-state index in [1.165, 1.54) is 37.0 Å². The highest BCUT2D eigenvalue weighted by Gasteiger charge is 2.44. The van der Waals surface area contributed by atoms with E-state index in [1.54, 1.807) is 23.5 Å². The summed E-state index contributed by atoms with van der Waals surface area (Å²) in [6.45, 7) is 9.14. The molecule has 2 atom stereocenters. The van der Waals surface area contributed by atoms with E-state index in [0.29, 0.717) is 42.8 Å². The van der Waals surface area contributed by atoms with E-state index in [9.17, 15) is 29.1 Å². The first-order valence-electron chi connectivity index (χ1n) is 24.6. The van der Waals surface area contributed by atoms with Crippen molar-refractivity contribution in [3.63, 3.8) is 0 Å². The number of amides is 4. The molecule has 2 fully saturated rings. The number of para-hydroxylation sites is 1. The Labute approximate surface area is 404 Å². The van der Waals surface area contributed by atoms with Gasteiger partial charge in [-0.05, 0) is 60.1 Å². The molecule has 14 nitrogen and oxygen atoms in total. The number of hydrogen-bond acceptors (Lipinski definition) is 10. The van der Waals surface area contributed by atoms with Crippen molar-refractivity contribution in [3.05, 3.63) is 83.1 Å². The maximum absolute atomic E-state index is 14.0. The van der Waals surface area contributed by atoms with Crippen molar-refractivity contribution in [2.24, 2.45) is 5.41 Å². The lowest BCUT2D eigenvalue weighted by atomic mass is 9.85. The number of H-pyrrole nitrogens is 1. The van der Waals surface area contributed by atoms with Crippen LogP contribution in [0.5, 0.6) is 5.75 Å². The van der Waals surface area contributed by atoms with Gasteiger partial charge in [-0.15, -0.1) is 21.5 Å². The summed E-state index contributed by atoms with van der Waals surface area (Å²) in [5.41, 5.74) is 7.22. The molecule has 5 aromatic rings. The van der Waals surface area contributed by atoms with Crippen molar-refractivity contribution in [1.29, 1.82) is 0 Å². The molecule has 5 heterocycles. The maximum Gasteiger partial charge on any atom is 0.246 e. The highest BCUT2D eigenvalue weighted by atomic mass is 32.1. The number of ketones is 1. The van der Waals surface area contributed by atoms with Crippen LogP contribution in [0.4, 0.5) is 0 Å². The summed E-state index contributed by atoms with van der Waals surface area (Å²) in [5, 5.41) is 25.8. The zero-order chi connectivity index (χ0) is 48.2. The Morgan fingerprint density at radius 3 is 2.15 bits per heavy atom. The number of aromatic hydroxyl groups is 1. The second kappa shape index (κ2) is 23.4.